The number of benzene rings is 2. The van der Waals surface area contributed by atoms with Gasteiger partial charge in [0.25, 0.3) is 5.91 Å². The van der Waals surface area contributed by atoms with Crippen LogP contribution in [0, 0.1) is 0 Å². The van der Waals surface area contributed by atoms with Crippen LogP contribution < -0.4 is 20.1 Å². The number of hydrogen-bond donors (Lipinski definition) is 2. The van der Waals surface area contributed by atoms with E-state index in [1.54, 1.807) is 43.0 Å². The highest BCUT2D eigenvalue weighted by Crippen LogP contribution is 2.37. The van der Waals surface area contributed by atoms with E-state index in [2.05, 4.69) is 5.32 Å². The fraction of sp³-hybridized carbons (Fsp3) is 0.333. The molecule has 0 aliphatic carbocycles. The molecule has 3 rings (SSSR count). The van der Waals surface area contributed by atoms with E-state index in [1.165, 1.54) is 12.1 Å². The molecule has 160 valence electrons. The molecule has 0 fully saturated rings. The number of rotatable bonds is 7. The Morgan fingerprint density at radius 3 is 2.47 bits per heavy atom. The number of sulfonamides is 1. The van der Waals surface area contributed by atoms with E-state index in [1.807, 2.05) is 12.1 Å². The van der Waals surface area contributed by atoms with Crippen molar-refractivity contribution in [2.75, 3.05) is 18.0 Å². The molecule has 9 heteroatoms. The van der Waals surface area contributed by atoms with E-state index < -0.39 is 15.6 Å². The fourth-order valence-corrected chi connectivity index (χ4v) is 3.75. The second-order valence-corrected chi connectivity index (χ2v) is 9.14. The maximum atomic E-state index is 12.7. The lowest BCUT2D eigenvalue weighted by atomic mass is 10.0. The van der Waals surface area contributed by atoms with Crippen molar-refractivity contribution >= 4 is 27.5 Å². The third kappa shape index (κ3) is 4.98. The Kier molecular flexibility index (Phi) is 6.14. The average Bonchev–Trinajstić information content (AvgIpc) is 2.68. The first kappa shape index (κ1) is 21.8. The van der Waals surface area contributed by atoms with E-state index in [-0.39, 0.29) is 29.7 Å². The van der Waals surface area contributed by atoms with Gasteiger partial charge in [0, 0.05) is 19.5 Å². The second-order valence-electron chi connectivity index (χ2n) is 7.58. The highest BCUT2D eigenvalue weighted by atomic mass is 32.2. The van der Waals surface area contributed by atoms with Crippen LogP contribution in [0.2, 0.25) is 0 Å². The molecule has 2 amide bonds. The number of amides is 2. The Labute approximate surface area is 176 Å². The quantitative estimate of drug-likeness (QED) is 0.690. The van der Waals surface area contributed by atoms with Gasteiger partial charge in [0.05, 0.1) is 10.6 Å². The number of ether oxygens (including phenoxy) is 1. The summed E-state index contributed by atoms with van der Waals surface area (Å²) >= 11 is 0. The molecule has 0 saturated carbocycles. The van der Waals surface area contributed by atoms with Gasteiger partial charge in [-0.05, 0) is 50.1 Å². The minimum absolute atomic E-state index is 0.0497. The molecule has 1 aliphatic heterocycles. The highest BCUT2D eigenvalue weighted by molar-refractivity contribution is 7.89. The Balaban J connectivity index is 1.53. The zero-order valence-electron chi connectivity index (χ0n) is 16.9. The summed E-state index contributed by atoms with van der Waals surface area (Å²) in [7, 11) is -3.72. The lowest BCUT2D eigenvalue weighted by Gasteiger charge is -2.38. The summed E-state index contributed by atoms with van der Waals surface area (Å²) in [5.74, 6) is 0.250. The van der Waals surface area contributed by atoms with Crippen molar-refractivity contribution in [3.05, 3.63) is 54.1 Å². The fourth-order valence-electron chi connectivity index (χ4n) is 3.24. The second kappa shape index (κ2) is 8.45. The molecule has 0 atom stereocenters. The molecule has 0 radical (unpaired) electrons. The maximum absolute atomic E-state index is 12.7. The van der Waals surface area contributed by atoms with Crippen molar-refractivity contribution in [2.24, 2.45) is 5.14 Å². The van der Waals surface area contributed by atoms with Gasteiger partial charge >= 0.3 is 0 Å². The SMILES string of the molecule is CC1(C)Oc2ccccc2N(CCC(=O)NCCc2ccc(S(N)(=O)=O)cc2)C1=O. The molecule has 1 aliphatic rings. The summed E-state index contributed by atoms with van der Waals surface area (Å²) in [4.78, 5) is 26.6. The molecule has 2 aromatic carbocycles. The van der Waals surface area contributed by atoms with Gasteiger partial charge in [-0.2, -0.15) is 0 Å². The van der Waals surface area contributed by atoms with Crippen molar-refractivity contribution in [1.82, 2.24) is 5.32 Å². The van der Waals surface area contributed by atoms with E-state index in [9.17, 15) is 18.0 Å². The van der Waals surface area contributed by atoms with Crippen molar-refractivity contribution in [1.29, 1.82) is 0 Å². The summed E-state index contributed by atoms with van der Waals surface area (Å²) in [6, 6.07) is 13.5. The van der Waals surface area contributed by atoms with E-state index in [0.717, 1.165) is 5.56 Å². The van der Waals surface area contributed by atoms with Crippen molar-refractivity contribution in [2.45, 2.75) is 37.2 Å². The third-order valence-corrected chi connectivity index (χ3v) is 5.76. The monoisotopic (exact) mass is 431 g/mol. The highest BCUT2D eigenvalue weighted by Gasteiger charge is 2.40. The Morgan fingerprint density at radius 2 is 1.80 bits per heavy atom. The number of nitrogens with two attached hydrogens (primary N) is 1. The third-order valence-electron chi connectivity index (χ3n) is 4.83. The molecule has 8 nitrogen and oxygen atoms in total. The summed E-state index contributed by atoms with van der Waals surface area (Å²) in [5.41, 5.74) is 0.542. The van der Waals surface area contributed by atoms with Gasteiger partial charge in [-0.3, -0.25) is 9.59 Å². The lowest BCUT2D eigenvalue weighted by molar-refractivity contribution is -0.132. The number of hydrogen-bond acceptors (Lipinski definition) is 5. The van der Waals surface area contributed by atoms with Gasteiger partial charge in [-0.25, -0.2) is 13.6 Å². The Morgan fingerprint density at radius 1 is 1.13 bits per heavy atom. The number of carbonyl (C=O) groups is 2. The van der Waals surface area contributed by atoms with Crippen LogP contribution in [0.4, 0.5) is 5.69 Å². The Hall–Kier alpha value is -2.91. The van der Waals surface area contributed by atoms with Crippen LogP contribution in [0.15, 0.2) is 53.4 Å². The van der Waals surface area contributed by atoms with Crippen LogP contribution in [0.3, 0.4) is 0 Å². The molecule has 0 saturated heterocycles. The number of nitrogens with zero attached hydrogens (tertiary/aromatic N) is 1. The summed E-state index contributed by atoms with van der Waals surface area (Å²) in [5, 5.41) is 7.90. The van der Waals surface area contributed by atoms with Crippen LogP contribution in [-0.4, -0.2) is 38.9 Å². The van der Waals surface area contributed by atoms with Gasteiger partial charge in [0.15, 0.2) is 5.60 Å². The molecule has 0 unspecified atom stereocenters. The lowest BCUT2D eigenvalue weighted by Crippen LogP contribution is -2.53. The van der Waals surface area contributed by atoms with Crippen LogP contribution in [0.1, 0.15) is 25.8 Å². The van der Waals surface area contributed by atoms with Gasteiger partial charge in [0.2, 0.25) is 15.9 Å². The molecule has 0 aromatic heterocycles. The van der Waals surface area contributed by atoms with Crippen LogP contribution >= 0.6 is 0 Å². The van der Waals surface area contributed by atoms with E-state index in [0.29, 0.717) is 24.4 Å². The first-order valence-electron chi connectivity index (χ1n) is 9.56. The van der Waals surface area contributed by atoms with Crippen molar-refractivity contribution < 1.29 is 22.7 Å². The molecule has 0 bridgehead atoms. The van der Waals surface area contributed by atoms with E-state index >= 15 is 0 Å². The molecule has 1 heterocycles. The molecular formula is C21H25N3O5S. The minimum atomic E-state index is -3.72. The number of fused-ring (bicyclic) bond motifs is 1. The van der Waals surface area contributed by atoms with Crippen LogP contribution in [0.25, 0.3) is 0 Å². The van der Waals surface area contributed by atoms with E-state index in [4.69, 9.17) is 9.88 Å². The molecule has 30 heavy (non-hydrogen) atoms. The van der Waals surface area contributed by atoms with Crippen molar-refractivity contribution in [3.8, 4) is 5.75 Å². The number of carbonyl (C=O) groups excluding carboxylic acids is 2. The zero-order valence-corrected chi connectivity index (χ0v) is 17.7. The molecule has 0 spiro atoms. The average molecular weight is 432 g/mol. The largest absolute Gasteiger partial charge is 0.476 e. The number of nitrogens with one attached hydrogen (secondary N) is 1. The molecule has 2 aromatic rings. The first-order chi connectivity index (χ1) is 14.1. The molecular weight excluding hydrogens is 406 g/mol. The Bertz CT molecular complexity index is 1050. The van der Waals surface area contributed by atoms with Gasteiger partial charge in [-0.1, -0.05) is 24.3 Å². The number of anilines is 1. The maximum Gasteiger partial charge on any atom is 0.270 e. The smallest absolute Gasteiger partial charge is 0.270 e. The number of primary sulfonamides is 1. The standard InChI is InChI=1S/C21H25N3O5S/c1-21(2)20(26)24(17-5-3-4-6-18(17)29-21)14-12-19(25)23-13-11-15-7-9-16(10-8-15)30(22,27)28/h3-10H,11-14H2,1-2H3,(H,23,25)(H2,22,27,28). The predicted octanol–water partition coefficient (Wildman–Crippen LogP) is 1.59. The molecule has 3 N–H and O–H groups in total. The normalized spacial score (nSPS) is 15.3. The minimum Gasteiger partial charge on any atom is -0.476 e. The van der Waals surface area contributed by atoms with Crippen LogP contribution in [0.5, 0.6) is 5.75 Å². The van der Waals surface area contributed by atoms with Gasteiger partial charge < -0.3 is 15.0 Å². The zero-order chi connectivity index (χ0) is 21.9. The van der Waals surface area contributed by atoms with Gasteiger partial charge in [-0.15, -0.1) is 0 Å². The first-order valence-corrected chi connectivity index (χ1v) is 11.1. The number of para-hydroxylation sites is 2. The van der Waals surface area contributed by atoms with Crippen LogP contribution in [-0.2, 0) is 26.0 Å². The topological polar surface area (TPSA) is 119 Å². The summed E-state index contributed by atoms with van der Waals surface area (Å²) in [6.45, 7) is 4.06. The van der Waals surface area contributed by atoms with Gasteiger partial charge in [0.1, 0.15) is 5.75 Å². The summed E-state index contributed by atoms with van der Waals surface area (Å²) in [6.07, 6.45) is 0.698. The summed E-state index contributed by atoms with van der Waals surface area (Å²) < 4.78 is 28.3. The predicted molar refractivity (Wildman–Crippen MR) is 113 cm³/mol. The van der Waals surface area contributed by atoms with Crippen molar-refractivity contribution in [3.63, 3.8) is 0 Å².